The SMILES string of the molecule is COc1c(C)cnc(CN(C(=O)OC(C)(C)C)c2ccc3oc(-c4ccccc4)cc(=O)c3c2)c1C. The molecule has 4 aromatic rings. The van der Waals surface area contributed by atoms with Crippen LogP contribution in [0.15, 0.2) is 70.0 Å². The number of hydrogen-bond donors (Lipinski definition) is 0. The Morgan fingerprint density at radius 2 is 1.78 bits per heavy atom. The van der Waals surface area contributed by atoms with Gasteiger partial charge < -0.3 is 13.9 Å². The van der Waals surface area contributed by atoms with Crippen molar-refractivity contribution in [3.8, 4) is 17.1 Å². The molecule has 186 valence electrons. The van der Waals surface area contributed by atoms with Crippen molar-refractivity contribution in [2.75, 3.05) is 12.0 Å². The lowest BCUT2D eigenvalue weighted by Gasteiger charge is -2.28. The molecule has 1 amide bonds. The Morgan fingerprint density at radius 3 is 2.44 bits per heavy atom. The summed E-state index contributed by atoms with van der Waals surface area (Å²) in [5.74, 6) is 1.20. The first-order valence-corrected chi connectivity index (χ1v) is 11.7. The van der Waals surface area contributed by atoms with Crippen molar-refractivity contribution < 1.29 is 18.7 Å². The highest BCUT2D eigenvalue weighted by Crippen LogP contribution is 2.29. The molecule has 0 aliphatic rings. The van der Waals surface area contributed by atoms with Crippen molar-refractivity contribution in [1.82, 2.24) is 4.98 Å². The van der Waals surface area contributed by atoms with Crippen molar-refractivity contribution in [3.05, 3.63) is 87.8 Å². The van der Waals surface area contributed by atoms with Crippen molar-refractivity contribution >= 4 is 22.7 Å². The van der Waals surface area contributed by atoms with Gasteiger partial charge in [-0.3, -0.25) is 14.7 Å². The number of ether oxygens (including phenoxy) is 2. The molecule has 0 aliphatic carbocycles. The maximum Gasteiger partial charge on any atom is 0.415 e. The topological polar surface area (TPSA) is 81.9 Å². The maximum atomic E-state index is 13.3. The molecule has 0 saturated carbocycles. The van der Waals surface area contributed by atoms with E-state index in [0.29, 0.717) is 28.1 Å². The highest BCUT2D eigenvalue weighted by molar-refractivity contribution is 5.92. The Labute approximate surface area is 210 Å². The number of aromatic nitrogens is 1. The lowest BCUT2D eigenvalue weighted by molar-refractivity contribution is 0.0577. The molecule has 0 N–H and O–H groups in total. The average molecular weight is 487 g/mol. The third kappa shape index (κ3) is 5.25. The second kappa shape index (κ2) is 9.85. The maximum absolute atomic E-state index is 13.3. The van der Waals surface area contributed by atoms with Crippen LogP contribution in [0.4, 0.5) is 10.5 Å². The third-order valence-corrected chi connectivity index (χ3v) is 5.75. The number of carbonyl (C=O) groups is 1. The van der Waals surface area contributed by atoms with Crippen LogP contribution in [-0.2, 0) is 11.3 Å². The van der Waals surface area contributed by atoms with Crippen LogP contribution >= 0.6 is 0 Å². The molecule has 7 heteroatoms. The summed E-state index contributed by atoms with van der Waals surface area (Å²) in [7, 11) is 1.61. The molecule has 0 atom stereocenters. The van der Waals surface area contributed by atoms with Crippen LogP contribution in [0.25, 0.3) is 22.3 Å². The number of anilines is 1. The van der Waals surface area contributed by atoms with E-state index >= 15 is 0 Å². The number of hydrogen-bond acceptors (Lipinski definition) is 6. The lowest BCUT2D eigenvalue weighted by atomic mass is 10.1. The summed E-state index contributed by atoms with van der Waals surface area (Å²) in [6.45, 7) is 9.38. The molecule has 0 saturated heterocycles. The van der Waals surface area contributed by atoms with Crippen molar-refractivity contribution in [2.24, 2.45) is 0 Å². The summed E-state index contributed by atoms with van der Waals surface area (Å²) in [5, 5.41) is 0.368. The van der Waals surface area contributed by atoms with E-state index < -0.39 is 11.7 Å². The van der Waals surface area contributed by atoms with Gasteiger partial charge in [0, 0.05) is 34.6 Å². The number of pyridine rings is 1. The summed E-state index contributed by atoms with van der Waals surface area (Å²) >= 11 is 0. The van der Waals surface area contributed by atoms with E-state index in [0.717, 1.165) is 22.4 Å². The first-order chi connectivity index (χ1) is 17.1. The molecule has 4 rings (SSSR count). The Bertz CT molecular complexity index is 1470. The monoisotopic (exact) mass is 486 g/mol. The lowest BCUT2D eigenvalue weighted by Crippen LogP contribution is -2.37. The number of methoxy groups -OCH3 is 1. The number of rotatable bonds is 5. The summed E-state index contributed by atoms with van der Waals surface area (Å²) in [5.41, 5.74) is 3.23. The molecule has 0 radical (unpaired) electrons. The molecule has 2 heterocycles. The molecule has 0 aliphatic heterocycles. The number of nitrogens with zero attached hydrogens (tertiary/aromatic N) is 2. The van der Waals surface area contributed by atoms with Gasteiger partial charge in [-0.05, 0) is 52.8 Å². The molecule has 0 bridgehead atoms. The van der Waals surface area contributed by atoms with Crippen LogP contribution in [-0.4, -0.2) is 23.8 Å². The predicted molar refractivity (Wildman–Crippen MR) is 141 cm³/mol. The van der Waals surface area contributed by atoms with Gasteiger partial charge in [0.15, 0.2) is 5.43 Å². The van der Waals surface area contributed by atoms with Crippen molar-refractivity contribution in [1.29, 1.82) is 0 Å². The summed E-state index contributed by atoms with van der Waals surface area (Å²) < 4.78 is 17.3. The zero-order valence-corrected chi connectivity index (χ0v) is 21.4. The first kappa shape index (κ1) is 25.0. The largest absolute Gasteiger partial charge is 0.496 e. The molecule has 0 fully saturated rings. The standard InChI is InChI=1S/C29H30N2O5/c1-18-16-30-23(19(2)27(18)34-6)17-31(28(33)36-29(3,4)5)21-12-13-25-22(14-21)24(32)15-26(35-25)20-10-8-7-9-11-20/h7-16H,17H2,1-6H3. The van der Waals surface area contributed by atoms with Crippen molar-refractivity contribution in [3.63, 3.8) is 0 Å². The quantitative estimate of drug-likeness (QED) is 0.324. The van der Waals surface area contributed by atoms with E-state index in [2.05, 4.69) is 4.98 Å². The molecule has 2 aromatic carbocycles. The van der Waals surface area contributed by atoms with Gasteiger partial charge in [0.1, 0.15) is 22.7 Å². The number of fused-ring (bicyclic) bond motifs is 1. The fraction of sp³-hybridized carbons (Fsp3) is 0.276. The Kier molecular flexibility index (Phi) is 6.84. The van der Waals surface area contributed by atoms with Gasteiger partial charge in [0.2, 0.25) is 0 Å². The normalized spacial score (nSPS) is 11.4. The Morgan fingerprint density at radius 1 is 1.06 bits per heavy atom. The average Bonchev–Trinajstić information content (AvgIpc) is 2.83. The van der Waals surface area contributed by atoms with E-state index in [9.17, 15) is 9.59 Å². The molecular weight excluding hydrogens is 456 g/mol. The van der Waals surface area contributed by atoms with Crippen LogP contribution in [0.2, 0.25) is 0 Å². The highest BCUT2D eigenvalue weighted by Gasteiger charge is 2.26. The van der Waals surface area contributed by atoms with Crippen LogP contribution in [0.5, 0.6) is 5.75 Å². The van der Waals surface area contributed by atoms with Gasteiger partial charge in [-0.15, -0.1) is 0 Å². The van der Waals surface area contributed by atoms with E-state index in [1.807, 2.05) is 65.0 Å². The Hall–Kier alpha value is -4.13. The molecule has 2 aromatic heterocycles. The molecule has 7 nitrogen and oxygen atoms in total. The predicted octanol–water partition coefficient (Wildman–Crippen LogP) is 6.42. The summed E-state index contributed by atoms with van der Waals surface area (Å²) in [4.78, 5) is 32.4. The minimum Gasteiger partial charge on any atom is -0.496 e. The van der Waals surface area contributed by atoms with Gasteiger partial charge in [0.25, 0.3) is 0 Å². The van der Waals surface area contributed by atoms with E-state index in [1.165, 1.54) is 11.0 Å². The van der Waals surface area contributed by atoms with Crippen LogP contribution in [0, 0.1) is 13.8 Å². The molecule has 0 unspecified atom stereocenters. The van der Waals surface area contributed by atoms with E-state index in [-0.39, 0.29) is 12.0 Å². The van der Waals surface area contributed by atoms with Gasteiger partial charge in [0.05, 0.1) is 24.7 Å². The zero-order chi connectivity index (χ0) is 26.0. The summed E-state index contributed by atoms with van der Waals surface area (Å²) in [6.07, 6.45) is 1.17. The molecular formula is C29H30N2O5. The molecule has 36 heavy (non-hydrogen) atoms. The van der Waals surface area contributed by atoms with E-state index in [4.69, 9.17) is 13.9 Å². The third-order valence-electron chi connectivity index (χ3n) is 5.75. The smallest absolute Gasteiger partial charge is 0.415 e. The zero-order valence-electron chi connectivity index (χ0n) is 21.4. The number of benzene rings is 2. The number of carbonyl (C=O) groups excluding carboxylic acids is 1. The minimum atomic E-state index is -0.705. The Balaban J connectivity index is 1.79. The fourth-order valence-corrected chi connectivity index (χ4v) is 4.02. The van der Waals surface area contributed by atoms with Gasteiger partial charge in [-0.2, -0.15) is 0 Å². The van der Waals surface area contributed by atoms with Crippen LogP contribution < -0.4 is 15.1 Å². The number of amides is 1. The van der Waals surface area contributed by atoms with Gasteiger partial charge in [-0.25, -0.2) is 4.79 Å². The van der Waals surface area contributed by atoms with Crippen molar-refractivity contribution in [2.45, 2.75) is 46.8 Å². The highest BCUT2D eigenvalue weighted by atomic mass is 16.6. The first-order valence-electron chi connectivity index (χ1n) is 11.7. The second-order valence-corrected chi connectivity index (χ2v) is 9.63. The minimum absolute atomic E-state index is 0.135. The van der Waals surface area contributed by atoms with Crippen LogP contribution in [0.3, 0.4) is 0 Å². The number of aryl methyl sites for hydroxylation is 1. The van der Waals surface area contributed by atoms with Gasteiger partial charge in [-0.1, -0.05) is 30.3 Å². The molecule has 0 spiro atoms. The van der Waals surface area contributed by atoms with Gasteiger partial charge >= 0.3 is 6.09 Å². The van der Waals surface area contributed by atoms with E-state index in [1.54, 1.807) is 31.5 Å². The second-order valence-electron chi connectivity index (χ2n) is 9.63. The van der Waals surface area contributed by atoms with Crippen LogP contribution in [0.1, 0.15) is 37.6 Å². The summed E-state index contributed by atoms with van der Waals surface area (Å²) in [6, 6.07) is 16.0. The fourth-order valence-electron chi connectivity index (χ4n) is 4.02.